The van der Waals surface area contributed by atoms with Crippen molar-refractivity contribution >= 4 is 14.1 Å². The van der Waals surface area contributed by atoms with Gasteiger partial charge in [-0.1, -0.05) is 12.2 Å². The van der Waals surface area contributed by atoms with Crippen LogP contribution in [0.4, 0.5) is 0 Å². The van der Waals surface area contributed by atoms with Gasteiger partial charge < -0.3 is 4.43 Å². The van der Waals surface area contributed by atoms with Gasteiger partial charge in [0.15, 0.2) is 8.32 Å². The molecule has 76 valence electrons. The molecule has 0 fully saturated rings. The number of carbonyl (C=O) groups excluding carboxylic acids is 1. The van der Waals surface area contributed by atoms with Crippen LogP contribution in [0.25, 0.3) is 0 Å². The Morgan fingerprint density at radius 2 is 1.92 bits per heavy atom. The van der Waals surface area contributed by atoms with Crippen molar-refractivity contribution in [3.05, 3.63) is 12.2 Å². The quantitative estimate of drug-likeness (QED) is 0.374. The van der Waals surface area contributed by atoms with E-state index in [2.05, 4.69) is 19.6 Å². The van der Waals surface area contributed by atoms with Crippen molar-refractivity contribution in [3.8, 4) is 0 Å². The third-order valence-electron chi connectivity index (χ3n) is 1.39. The smallest absolute Gasteiger partial charge is 0.183 e. The molecular formula is C10H20O2Si. The standard InChI is InChI=1S/C10H20O2Si/c1-10(11)8-6-5-7-9-12-13(2,3)4/h5-6H,7-9H2,1-4H3/b6-5-. The van der Waals surface area contributed by atoms with Gasteiger partial charge in [0.1, 0.15) is 5.78 Å². The number of Topliss-reactive ketones (excluding diaryl/α,β-unsaturated/α-hetero) is 1. The van der Waals surface area contributed by atoms with Gasteiger partial charge >= 0.3 is 0 Å². The molecule has 0 unspecified atom stereocenters. The summed E-state index contributed by atoms with van der Waals surface area (Å²) in [6.07, 6.45) is 5.39. The van der Waals surface area contributed by atoms with Crippen LogP contribution in [0.3, 0.4) is 0 Å². The molecule has 0 radical (unpaired) electrons. The topological polar surface area (TPSA) is 26.3 Å². The van der Waals surface area contributed by atoms with Gasteiger partial charge in [-0.3, -0.25) is 4.79 Å². The van der Waals surface area contributed by atoms with Crippen molar-refractivity contribution in [3.63, 3.8) is 0 Å². The van der Waals surface area contributed by atoms with Gasteiger partial charge in [0.25, 0.3) is 0 Å². The molecule has 0 bridgehead atoms. The average Bonchev–Trinajstić information content (AvgIpc) is 1.93. The van der Waals surface area contributed by atoms with Gasteiger partial charge in [0, 0.05) is 13.0 Å². The van der Waals surface area contributed by atoms with Crippen LogP contribution in [-0.4, -0.2) is 20.7 Å². The molecule has 0 spiro atoms. The van der Waals surface area contributed by atoms with Crippen LogP contribution >= 0.6 is 0 Å². The van der Waals surface area contributed by atoms with Crippen molar-refractivity contribution < 1.29 is 9.22 Å². The normalized spacial score (nSPS) is 12.3. The van der Waals surface area contributed by atoms with Crippen molar-refractivity contribution in [2.75, 3.05) is 6.61 Å². The molecule has 0 rings (SSSR count). The molecule has 3 heteroatoms. The fraction of sp³-hybridized carbons (Fsp3) is 0.700. The number of carbonyl (C=O) groups is 1. The average molecular weight is 200 g/mol. The second-order valence-corrected chi connectivity index (χ2v) is 8.64. The molecule has 0 saturated heterocycles. The predicted octanol–water partition coefficient (Wildman–Crippen LogP) is 2.76. The number of rotatable bonds is 6. The number of ketones is 1. The highest BCUT2D eigenvalue weighted by molar-refractivity contribution is 6.69. The minimum Gasteiger partial charge on any atom is -0.417 e. The summed E-state index contributed by atoms with van der Waals surface area (Å²) in [6.45, 7) is 8.90. The van der Waals surface area contributed by atoms with E-state index in [1.165, 1.54) is 0 Å². The van der Waals surface area contributed by atoms with Gasteiger partial charge in [-0.25, -0.2) is 0 Å². The Labute approximate surface area is 82.1 Å². The molecule has 0 saturated carbocycles. The summed E-state index contributed by atoms with van der Waals surface area (Å²) in [4.78, 5) is 10.6. The van der Waals surface area contributed by atoms with E-state index in [0.29, 0.717) is 6.42 Å². The highest BCUT2D eigenvalue weighted by Crippen LogP contribution is 2.03. The predicted molar refractivity (Wildman–Crippen MR) is 58.4 cm³/mol. The lowest BCUT2D eigenvalue weighted by atomic mass is 10.3. The van der Waals surface area contributed by atoms with Gasteiger partial charge in [0.2, 0.25) is 0 Å². The van der Waals surface area contributed by atoms with Crippen molar-refractivity contribution in [1.82, 2.24) is 0 Å². The maximum Gasteiger partial charge on any atom is 0.183 e. The van der Waals surface area contributed by atoms with Gasteiger partial charge in [0.05, 0.1) is 0 Å². The van der Waals surface area contributed by atoms with E-state index < -0.39 is 8.32 Å². The Morgan fingerprint density at radius 1 is 1.31 bits per heavy atom. The fourth-order valence-corrected chi connectivity index (χ4v) is 1.53. The SMILES string of the molecule is CC(=O)C/C=C\CCO[Si](C)(C)C. The van der Waals surface area contributed by atoms with Crippen molar-refractivity contribution in [2.24, 2.45) is 0 Å². The number of allylic oxidation sites excluding steroid dienone is 1. The lowest BCUT2D eigenvalue weighted by molar-refractivity contribution is -0.116. The minimum absolute atomic E-state index is 0.211. The van der Waals surface area contributed by atoms with Crippen LogP contribution in [0.2, 0.25) is 19.6 Å². The molecule has 0 aromatic carbocycles. The van der Waals surface area contributed by atoms with Crippen molar-refractivity contribution in [2.45, 2.75) is 39.4 Å². The maximum absolute atomic E-state index is 10.6. The van der Waals surface area contributed by atoms with E-state index in [0.717, 1.165) is 13.0 Å². The lowest BCUT2D eigenvalue weighted by Crippen LogP contribution is -2.25. The lowest BCUT2D eigenvalue weighted by Gasteiger charge is -2.15. The van der Waals surface area contributed by atoms with E-state index in [1.54, 1.807) is 6.92 Å². The van der Waals surface area contributed by atoms with Crippen LogP contribution in [-0.2, 0) is 9.22 Å². The molecule has 0 atom stereocenters. The molecule has 0 aromatic rings. The summed E-state index contributed by atoms with van der Waals surface area (Å²) >= 11 is 0. The van der Waals surface area contributed by atoms with Gasteiger partial charge in [-0.2, -0.15) is 0 Å². The molecule has 0 aliphatic carbocycles. The zero-order valence-corrected chi connectivity index (χ0v) is 10.1. The molecule has 0 aliphatic rings. The zero-order valence-electron chi connectivity index (χ0n) is 9.09. The second-order valence-electron chi connectivity index (χ2n) is 4.13. The van der Waals surface area contributed by atoms with Gasteiger partial charge in [-0.15, -0.1) is 0 Å². The Bertz CT molecular complexity index is 180. The van der Waals surface area contributed by atoms with E-state index in [9.17, 15) is 4.79 Å². The van der Waals surface area contributed by atoms with E-state index >= 15 is 0 Å². The molecular weight excluding hydrogens is 180 g/mol. The highest BCUT2D eigenvalue weighted by atomic mass is 28.4. The Morgan fingerprint density at radius 3 is 2.38 bits per heavy atom. The summed E-state index contributed by atoms with van der Waals surface area (Å²) in [5.41, 5.74) is 0. The monoisotopic (exact) mass is 200 g/mol. The third kappa shape index (κ3) is 11.6. The Balaban J connectivity index is 3.36. The summed E-state index contributed by atoms with van der Waals surface area (Å²) in [5.74, 6) is 0.211. The molecule has 0 aromatic heterocycles. The first-order valence-electron chi connectivity index (χ1n) is 4.70. The van der Waals surface area contributed by atoms with Crippen LogP contribution in [0.15, 0.2) is 12.2 Å². The molecule has 0 heterocycles. The highest BCUT2D eigenvalue weighted by Gasteiger charge is 2.12. The van der Waals surface area contributed by atoms with Crippen molar-refractivity contribution in [1.29, 1.82) is 0 Å². The largest absolute Gasteiger partial charge is 0.417 e. The van der Waals surface area contributed by atoms with Gasteiger partial charge in [-0.05, 0) is 33.0 Å². The van der Waals surface area contributed by atoms with E-state index in [4.69, 9.17) is 4.43 Å². The third-order valence-corrected chi connectivity index (χ3v) is 2.46. The number of hydrogen-bond acceptors (Lipinski definition) is 2. The first kappa shape index (κ1) is 12.6. The molecule has 13 heavy (non-hydrogen) atoms. The maximum atomic E-state index is 10.6. The molecule has 2 nitrogen and oxygen atoms in total. The van der Waals surface area contributed by atoms with Crippen LogP contribution in [0.1, 0.15) is 19.8 Å². The summed E-state index contributed by atoms with van der Waals surface area (Å²) in [5, 5.41) is 0. The summed E-state index contributed by atoms with van der Waals surface area (Å²) in [6, 6.07) is 0. The van der Waals surface area contributed by atoms with Crippen LogP contribution in [0, 0.1) is 0 Å². The summed E-state index contributed by atoms with van der Waals surface area (Å²) in [7, 11) is -1.34. The molecule has 0 amide bonds. The van der Waals surface area contributed by atoms with Crippen LogP contribution < -0.4 is 0 Å². The number of hydrogen-bond donors (Lipinski definition) is 0. The fourth-order valence-electron chi connectivity index (χ4n) is 0.800. The first-order valence-corrected chi connectivity index (χ1v) is 8.11. The van der Waals surface area contributed by atoms with Crippen LogP contribution in [0.5, 0.6) is 0 Å². The molecule has 0 N–H and O–H groups in total. The second kappa shape index (κ2) is 6.10. The zero-order chi connectivity index (χ0) is 10.3. The Hall–Kier alpha value is -0.413. The van der Waals surface area contributed by atoms with E-state index in [1.807, 2.05) is 12.2 Å². The molecule has 0 aliphatic heterocycles. The minimum atomic E-state index is -1.34. The first-order chi connectivity index (χ1) is 5.92. The Kier molecular flexibility index (Phi) is 5.91. The summed E-state index contributed by atoms with van der Waals surface area (Å²) < 4.78 is 5.64. The van der Waals surface area contributed by atoms with E-state index in [-0.39, 0.29) is 5.78 Å².